The number of aromatic nitrogens is 1. The molecule has 1 heterocycles. The Bertz CT molecular complexity index is 1380. The number of amides is 2. The molecular formula is C25H24FN3O3S. The molecule has 0 atom stereocenters. The van der Waals surface area contributed by atoms with Gasteiger partial charge in [0.15, 0.2) is 0 Å². The van der Waals surface area contributed by atoms with Crippen LogP contribution in [0.15, 0.2) is 83.9 Å². The minimum Gasteiger partial charge on any atom is -0.338 e. The van der Waals surface area contributed by atoms with Gasteiger partial charge in [-0.15, -0.1) is 0 Å². The molecule has 0 fully saturated rings. The fourth-order valence-electron chi connectivity index (χ4n) is 3.51. The molecule has 0 aliphatic carbocycles. The number of hydrogen-bond acceptors (Lipinski definition) is 3. The predicted molar refractivity (Wildman–Crippen MR) is 126 cm³/mol. The molecule has 170 valence electrons. The zero-order valence-electron chi connectivity index (χ0n) is 18.1. The van der Waals surface area contributed by atoms with Crippen molar-refractivity contribution in [1.29, 1.82) is 0 Å². The van der Waals surface area contributed by atoms with Crippen LogP contribution in [0.5, 0.6) is 0 Å². The van der Waals surface area contributed by atoms with E-state index in [-0.39, 0.29) is 16.7 Å². The van der Waals surface area contributed by atoms with Gasteiger partial charge in [0.25, 0.3) is 10.0 Å². The lowest BCUT2D eigenvalue weighted by Crippen LogP contribution is -2.36. The van der Waals surface area contributed by atoms with E-state index in [2.05, 4.69) is 10.6 Å². The van der Waals surface area contributed by atoms with Crippen molar-refractivity contribution in [3.63, 3.8) is 0 Å². The summed E-state index contributed by atoms with van der Waals surface area (Å²) in [5.41, 5.74) is 3.28. The van der Waals surface area contributed by atoms with E-state index < -0.39 is 10.0 Å². The molecule has 1 aromatic heterocycles. The number of halogens is 1. The Labute approximate surface area is 192 Å². The Hall–Kier alpha value is -3.65. The number of benzene rings is 3. The first-order chi connectivity index (χ1) is 15.8. The highest BCUT2D eigenvalue weighted by Crippen LogP contribution is 2.23. The maximum atomic E-state index is 13.1. The summed E-state index contributed by atoms with van der Waals surface area (Å²) in [5, 5.41) is 6.33. The van der Waals surface area contributed by atoms with Crippen molar-refractivity contribution in [2.24, 2.45) is 0 Å². The minimum atomic E-state index is -3.71. The van der Waals surface area contributed by atoms with Crippen LogP contribution < -0.4 is 10.6 Å². The Morgan fingerprint density at radius 1 is 0.909 bits per heavy atom. The van der Waals surface area contributed by atoms with Crippen LogP contribution in [-0.2, 0) is 23.0 Å². The standard InChI is InChI=1S/C25H24FN3O3S/c1-18-2-10-23(11-3-18)33(31,32)29-15-13-21-7-4-19(16-24(21)29)12-14-27-25(30)28-17-20-5-8-22(26)9-6-20/h2-11,13,15-16H,12,14,17H2,1H3,(H2,27,28,30). The predicted octanol–water partition coefficient (Wildman–Crippen LogP) is 4.37. The molecule has 3 aromatic carbocycles. The van der Waals surface area contributed by atoms with E-state index in [0.717, 1.165) is 22.1 Å². The molecule has 33 heavy (non-hydrogen) atoms. The van der Waals surface area contributed by atoms with Crippen molar-refractivity contribution in [2.75, 3.05) is 6.54 Å². The van der Waals surface area contributed by atoms with Crippen molar-refractivity contribution >= 4 is 27.0 Å². The molecule has 0 saturated heterocycles. The highest BCUT2D eigenvalue weighted by Gasteiger charge is 2.18. The van der Waals surface area contributed by atoms with Gasteiger partial charge >= 0.3 is 6.03 Å². The van der Waals surface area contributed by atoms with Gasteiger partial charge in [-0.25, -0.2) is 21.6 Å². The zero-order valence-corrected chi connectivity index (χ0v) is 18.9. The van der Waals surface area contributed by atoms with E-state index in [0.29, 0.717) is 25.0 Å². The van der Waals surface area contributed by atoms with Gasteiger partial charge in [-0.3, -0.25) is 0 Å². The van der Waals surface area contributed by atoms with E-state index in [1.165, 1.54) is 16.1 Å². The largest absolute Gasteiger partial charge is 0.338 e. The van der Waals surface area contributed by atoms with Gasteiger partial charge in [-0.2, -0.15) is 0 Å². The van der Waals surface area contributed by atoms with Gasteiger partial charge in [0.1, 0.15) is 5.82 Å². The molecule has 2 amide bonds. The molecular weight excluding hydrogens is 441 g/mol. The zero-order chi connectivity index (χ0) is 23.4. The maximum Gasteiger partial charge on any atom is 0.315 e. The summed E-state index contributed by atoms with van der Waals surface area (Å²) in [5.74, 6) is -0.321. The van der Waals surface area contributed by atoms with Crippen molar-refractivity contribution in [3.05, 3.63) is 102 Å². The van der Waals surface area contributed by atoms with E-state index in [1.807, 2.05) is 25.1 Å². The molecule has 0 aliphatic heterocycles. The van der Waals surface area contributed by atoms with E-state index in [9.17, 15) is 17.6 Å². The highest BCUT2D eigenvalue weighted by molar-refractivity contribution is 7.90. The summed E-state index contributed by atoms with van der Waals surface area (Å²) in [6.45, 7) is 2.58. The minimum absolute atomic E-state index is 0.232. The molecule has 8 heteroatoms. The number of hydrogen-bond donors (Lipinski definition) is 2. The third-order valence-electron chi connectivity index (χ3n) is 5.37. The topological polar surface area (TPSA) is 80.2 Å². The Morgan fingerprint density at radius 3 is 2.33 bits per heavy atom. The third kappa shape index (κ3) is 5.23. The van der Waals surface area contributed by atoms with Crippen molar-refractivity contribution in [3.8, 4) is 0 Å². The summed E-state index contributed by atoms with van der Waals surface area (Å²) in [6.07, 6.45) is 2.10. The number of nitrogens with one attached hydrogen (secondary N) is 2. The molecule has 2 N–H and O–H groups in total. The van der Waals surface area contributed by atoms with Gasteiger partial charge in [-0.05, 0) is 60.9 Å². The van der Waals surface area contributed by atoms with Gasteiger partial charge in [0.05, 0.1) is 10.4 Å². The molecule has 0 saturated carbocycles. The number of carbonyl (C=O) groups excluding carboxylic acids is 1. The first-order valence-corrected chi connectivity index (χ1v) is 12.0. The van der Waals surface area contributed by atoms with Crippen molar-refractivity contribution in [1.82, 2.24) is 14.6 Å². The van der Waals surface area contributed by atoms with Crippen molar-refractivity contribution in [2.45, 2.75) is 24.8 Å². The Kier molecular flexibility index (Phi) is 6.46. The lowest BCUT2D eigenvalue weighted by atomic mass is 10.1. The SMILES string of the molecule is Cc1ccc(S(=O)(=O)n2ccc3ccc(CCNC(=O)NCc4ccc(F)cc4)cc32)cc1. The number of carbonyl (C=O) groups is 1. The molecule has 0 bridgehead atoms. The summed E-state index contributed by atoms with van der Waals surface area (Å²) in [4.78, 5) is 12.3. The quantitative estimate of drug-likeness (QED) is 0.425. The van der Waals surface area contributed by atoms with Crippen LogP contribution in [0.2, 0.25) is 0 Å². The second-order valence-corrected chi connectivity index (χ2v) is 9.62. The fraction of sp³-hybridized carbons (Fsp3) is 0.160. The highest BCUT2D eigenvalue weighted by atomic mass is 32.2. The van der Waals surface area contributed by atoms with Crippen LogP contribution in [0.4, 0.5) is 9.18 Å². The maximum absolute atomic E-state index is 13.1. The number of nitrogens with zero attached hydrogens (tertiary/aromatic N) is 1. The number of urea groups is 1. The van der Waals surface area contributed by atoms with Crippen LogP contribution in [-0.4, -0.2) is 25.0 Å². The summed E-state index contributed by atoms with van der Waals surface area (Å²) in [7, 11) is -3.71. The summed E-state index contributed by atoms with van der Waals surface area (Å²) in [6, 6.07) is 19.8. The Morgan fingerprint density at radius 2 is 1.61 bits per heavy atom. The lowest BCUT2D eigenvalue weighted by molar-refractivity contribution is 0.240. The third-order valence-corrected chi connectivity index (χ3v) is 7.07. The lowest BCUT2D eigenvalue weighted by Gasteiger charge is -2.10. The second kappa shape index (κ2) is 9.46. The molecule has 0 radical (unpaired) electrons. The monoisotopic (exact) mass is 465 g/mol. The normalized spacial score (nSPS) is 11.5. The van der Waals surface area contributed by atoms with Gasteiger partial charge in [0.2, 0.25) is 0 Å². The molecule has 0 aliphatic rings. The molecule has 4 rings (SSSR count). The second-order valence-electron chi connectivity index (χ2n) is 7.81. The van der Waals surface area contributed by atoms with E-state index >= 15 is 0 Å². The van der Waals surface area contributed by atoms with Gasteiger partial charge < -0.3 is 10.6 Å². The van der Waals surface area contributed by atoms with E-state index in [4.69, 9.17) is 0 Å². The van der Waals surface area contributed by atoms with Gasteiger partial charge in [-0.1, -0.05) is 42.0 Å². The van der Waals surface area contributed by atoms with Crippen LogP contribution in [0, 0.1) is 12.7 Å². The average Bonchev–Trinajstić information content (AvgIpc) is 3.23. The number of rotatable bonds is 7. The molecule has 0 unspecified atom stereocenters. The van der Waals surface area contributed by atoms with Crippen molar-refractivity contribution < 1.29 is 17.6 Å². The first-order valence-electron chi connectivity index (χ1n) is 10.5. The van der Waals surface area contributed by atoms with E-state index in [1.54, 1.807) is 48.7 Å². The molecule has 0 spiro atoms. The van der Waals surface area contributed by atoms with Crippen LogP contribution >= 0.6 is 0 Å². The van der Waals surface area contributed by atoms with Crippen LogP contribution in [0.1, 0.15) is 16.7 Å². The van der Waals surface area contributed by atoms with Gasteiger partial charge in [0, 0.05) is 24.7 Å². The molecule has 6 nitrogen and oxygen atoms in total. The number of aryl methyl sites for hydroxylation is 1. The Balaban J connectivity index is 1.40. The smallest absolute Gasteiger partial charge is 0.315 e. The van der Waals surface area contributed by atoms with Crippen LogP contribution in [0.3, 0.4) is 0 Å². The number of fused-ring (bicyclic) bond motifs is 1. The first kappa shape index (κ1) is 22.5. The fourth-order valence-corrected chi connectivity index (χ4v) is 4.85. The average molecular weight is 466 g/mol. The van der Waals surface area contributed by atoms with Crippen LogP contribution in [0.25, 0.3) is 10.9 Å². The molecule has 4 aromatic rings. The summed E-state index contributed by atoms with van der Waals surface area (Å²) >= 11 is 0. The summed E-state index contributed by atoms with van der Waals surface area (Å²) < 4.78 is 40.5.